The summed E-state index contributed by atoms with van der Waals surface area (Å²) in [6, 6.07) is 0. The lowest BCUT2D eigenvalue weighted by atomic mass is 10.1. The monoisotopic (exact) mass is 339 g/mol. The lowest BCUT2D eigenvalue weighted by molar-refractivity contribution is -0.606. The largest absolute Gasteiger partial charge is 0.856 e. The molecule has 0 bridgehead atoms. The number of hydrogen-bond acceptors (Lipinski definition) is 10. The Hall–Kier alpha value is -1.24. The summed E-state index contributed by atoms with van der Waals surface area (Å²) in [5, 5.41) is 32.8. The highest BCUT2D eigenvalue weighted by Gasteiger charge is 2.47. The zero-order valence-electron chi connectivity index (χ0n) is 11.0. The van der Waals surface area contributed by atoms with Crippen LogP contribution in [-0.2, 0) is 18.6 Å². The SMILES string of the molecule is NC(=O)C1=C([O-])N([C@@H]2O[C@@H](COP(=O)([O-])[O-])[C@H](O)[C@H]2O)C[NH2+]1. The number of carbonyl (C=O) groups excluding carboxylic acids is 1. The van der Waals surface area contributed by atoms with E-state index >= 15 is 0 Å². The summed E-state index contributed by atoms with van der Waals surface area (Å²) in [5.74, 6) is -1.73. The van der Waals surface area contributed by atoms with E-state index in [2.05, 4.69) is 4.52 Å². The molecule has 1 amide bonds. The average molecular weight is 339 g/mol. The van der Waals surface area contributed by atoms with E-state index in [0.717, 1.165) is 4.90 Å². The van der Waals surface area contributed by atoms with Crippen LogP contribution in [0.1, 0.15) is 0 Å². The Morgan fingerprint density at radius 2 is 2.14 bits per heavy atom. The first-order valence-corrected chi connectivity index (χ1v) is 7.57. The molecule has 12 nitrogen and oxygen atoms in total. The van der Waals surface area contributed by atoms with Gasteiger partial charge in [0.2, 0.25) is 5.70 Å². The van der Waals surface area contributed by atoms with Crippen molar-refractivity contribution in [3.05, 3.63) is 11.6 Å². The van der Waals surface area contributed by atoms with E-state index in [1.54, 1.807) is 0 Å². The molecule has 0 unspecified atom stereocenters. The molecule has 0 spiro atoms. The van der Waals surface area contributed by atoms with Crippen LogP contribution in [0.5, 0.6) is 0 Å². The molecule has 126 valence electrons. The molecule has 2 rings (SSSR count). The molecule has 0 aliphatic carbocycles. The minimum absolute atomic E-state index is 0.0826. The van der Waals surface area contributed by atoms with E-state index in [9.17, 15) is 34.5 Å². The van der Waals surface area contributed by atoms with Gasteiger partial charge < -0.3 is 49.6 Å². The summed E-state index contributed by atoms with van der Waals surface area (Å²) in [6.07, 6.45) is -5.82. The molecule has 0 radical (unpaired) electrons. The van der Waals surface area contributed by atoms with E-state index in [0.29, 0.717) is 0 Å². The molecular weight excluding hydrogens is 325 g/mol. The summed E-state index contributed by atoms with van der Waals surface area (Å²) < 4.78 is 19.6. The van der Waals surface area contributed by atoms with Crippen molar-refractivity contribution in [2.75, 3.05) is 13.3 Å². The third kappa shape index (κ3) is 3.39. The lowest BCUT2D eigenvalue weighted by Gasteiger charge is -2.31. The molecular formula is C9H14N3O9P-2. The normalized spacial score (nSPS) is 32.8. The zero-order valence-corrected chi connectivity index (χ0v) is 11.9. The number of rotatable bonds is 5. The Kier molecular flexibility index (Phi) is 4.75. The number of hydrogen-bond donors (Lipinski definition) is 4. The van der Waals surface area contributed by atoms with Crippen molar-refractivity contribution in [1.82, 2.24) is 4.90 Å². The summed E-state index contributed by atoms with van der Waals surface area (Å²) in [5.41, 5.74) is 4.72. The Labute approximate surface area is 124 Å². The van der Waals surface area contributed by atoms with Crippen molar-refractivity contribution in [3.8, 4) is 0 Å². The van der Waals surface area contributed by atoms with Crippen LogP contribution in [0.4, 0.5) is 0 Å². The molecule has 6 N–H and O–H groups in total. The van der Waals surface area contributed by atoms with Crippen LogP contribution in [0.2, 0.25) is 0 Å². The number of aliphatic hydroxyl groups excluding tert-OH is 2. The van der Waals surface area contributed by atoms with Crippen LogP contribution in [0, 0.1) is 0 Å². The number of quaternary nitrogens is 1. The molecule has 2 heterocycles. The van der Waals surface area contributed by atoms with Gasteiger partial charge in [-0.15, -0.1) is 0 Å². The molecule has 0 aromatic rings. The van der Waals surface area contributed by atoms with Gasteiger partial charge in [0.1, 0.15) is 18.3 Å². The number of nitrogens with zero attached hydrogens (tertiary/aromatic N) is 1. The van der Waals surface area contributed by atoms with Crippen molar-refractivity contribution in [1.29, 1.82) is 0 Å². The fourth-order valence-corrected chi connectivity index (χ4v) is 2.56. The van der Waals surface area contributed by atoms with Crippen LogP contribution >= 0.6 is 7.82 Å². The van der Waals surface area contributed by atoms with Gasteiger partial charge in [-0.3, -0.25) is 10.1 Å². The lowest BCUT2D eigenvalue weighted by Crippen LogP contribution is -2.83. The number of nitrogens with two attached hydrogens (primary N) is 2. The number of primary amides is 1. The number of phosphoric acid groups is 1. The second-order valence-corrected chi connectivity index (χ2v) is 5.88. The maximum Gasteiger partial charge on any atom is 0.303 e. The fourth-order valence-electron chi connectivity index (χ4n) is 2.23. The Morgan fingerprint density at radius 3 is 2.64 bits per heavy atom. The minimum atomic E-state index is -5.27. The zero-order chi connectivity index (χ0) is 16.7. The van der Waals surface area contributed by atoms with Gasteiger partial charge >= 0.3 is 5.91 Å². The van der Waals surface area contributed by atoms with Crippen molar-refractivity contribution in [3.63, 3.8) is 0 Å². The third-order valence-corrected chi connectivity index (χ3v) is 3.76. The molecule has 1 saturated heterocycles. The van der Waals surface area contributed by atoms with Gasteiger partial charge in [0.25, 0.3) is 0 Å². The second kappa shape index (κ2) is 6.10. The number of aliphatic hydroxyl groups is 2. The first kappa shape index (κ1) is 17.1. The number of ether oxygens (including phenoxy) is 1. The molecule has 13 heteroatoms. The van der Waals surface area contributed by atoms with Gasteiger partial charge in [0.15, 0.2) is 12.9 Å². The van der Waals surface area contributed by atoms with Gasteiger partial charge in [0.05, 0.1) is 14.4 Å². The number of carbonyl (C=O) groups is 1. The van der Waals surface area contributed by atoms with E-state index in [-0.39, 0.29) is 12.4 Å². The van der Waals surface area contributed by atoms with E-state index < -0.39 is 50.8 Å². The maximum absolute atomic E-state index is 11.9. The summed E-state index contributed by atoms with van der Waals surface area (Å²) in [6.45, 7) is -0.891. The van der Waals surface area contributed by atoms with Gasteiger partial charge in [-0.2, -0.15) is 0 Å². The van der Waals surface area contributed by atoms with Crippen LogP contribution < -0.4 is 25.9 Å². The fraction of sp³-hybridized carbons (Fsp3) is 0.667. The average Bonchev–Trinajstić information content (AvgIpc) is 2.90. The topological polar surface area (TPSA) is 208 Å². The highest BCUT2D eigenvalue weighted by molar-refractivity contribution is 7.43. The highest BCUT2D eigenvalue weighted by atomic mass is 31.2. The van der Waals surface area contributed by atoms with Gasteiger partial charge in [-0.25, -0.2) is 0 Å². The molecule has 22 heavy (non-hydrogen) atoms. The molecule has 2 aliphatic heterocycles. The molecule has 0 saturated carbocycles. The first-order chi connectivity index (χ1) is 10.1. The van der Waals surface area contributed by atoms with Gasteiger partial charge in [-0.1, -0.05) is 0 Å². The van der Waals surface area contributed by atoms with Crippen molar-refractivity contribution < 1.29 is 49.0 Å². The van der Waals surface area contributed by atoms with Gasteiger partial charge in [0, 0.05) is 5.88 Å². The van der Waals surface area contributed by atoms with Crippen molar-refractivity contribution in [2.24, 2.45) is 5.73 Å². The summed E-state index contributed by atoms with van der Waals surface area (Å²) in [7, 11) is -5.27. The molecule has 1 fully saturated rings. The minimum Gasteiger partial charge on any atom is -0.856 e. The Balaban J connectivity index is 2.08. The summed E-state index contributed by atoms with van der Waals surface area (Å²) >= 11 is 0. The first-order valence-electron chi connectivity index (χ1n) is 6.11. The van der Waals surface area contributed by atoms with Crippen LogP contribution in [0.25, 0.3) is 0 Å². The molecule has 0 aromatic carbocycles. The molecule has 2 aliphatic rings. The smallest absolute Gasteiger partial charge is 0.303 e. The highest BCUT2D eigenvalue weighted by Crippen LogP contribution is 2.30. The van der Waals surface area contributed by atoms with Crippen molar-refractivity contribution >= 4 is 13.7 Å². The maximum atomic E-state index is 11.9. The van der Waals surface area contributed by atoms with E-state index in [1.807, 2.05) is 0 Å². The quantitative estimate of drug-likeness (QED) is 0.348. The molecule has 4 atom stereocenters. The van der Waals surface area contributed by atoms with E-state index in [4.69, 9.17) is 10.5 Å². The third-order valence-electron chi connectivity index (χ3n) is 3.29. The van der Waals surface area contributed by atoms with Crippen LogP contribution in [0.3, 0.4) is 0 Å². The summed E-state index contributed by atoms with van der Waals surface area (Å²) in [4.78, 5) is 32.8. The number of phosphoric ester groups is 1. The van der Waals surface area contributed by atoms with Crippen LogP contribution in [0.15, 0.2) is 11.6 Å². The predicted molar refractivity (Wildman–Crippen MR) is 59.1 cm³/mol. The van der Waals surface area contributed by atoms with Crippen molar-refractivity contribution in [2.45, 2.75) is 24.5 Å². The standard InChI is InChI=1S/C9H16N3O9P/c10-7(15)4-8(16)12(2-11-4)9-6(14)5(13)3(21-9)1-20-22(17,18)19/h3,5-6,9,11,13-14,16H,1-2H2,(H2,10,15)(H2,17,18,19)/p-2/t3-,5-,6+,9+/m0/s1. The Morgan fingerprint density at radius 1 is 1.50 bits per heavy atom. The van der Waals surface area contributed by atoms with Gasteiger partial charge in [-0.05, 0) is 0 Å². The predicted octanol–water partition coefficient (Wildman–Crippen LogP) is -6.87. The van der Waals surface area contributed by atoms with Crippen LogP contribution in [-0.4, -0.2) is 58.8 Å². The second-order valence-electron chi connectivity index (χ2n) is 4.73. The molecule has 0 aromatic heterocycles. The number of amides is 1. The Bertz CT molecular complexity index is 534. The van der Waals surface area contributed by atoms with E-state index in [1.165, 1.54) is 5.32 Å².